The van der Waals surface area contributed by atoms with Gasteiger partial charge in [-0.15, -0.1) is 0 Å². The van der Waals surface area contributed by atoms with Gasteiger partial charge in [-0.3, -0.25) is 9.78 Å². The van der Waals surface area contributed by atoms with Gasteiger partial charge in [0.25, 0.3) is 5.91 Å². The fourth-order valence-corrected chi connectivity index (χ4v) is 3.38. The van der Waals surface area contributed by atoms with Crippen LogP contribution in [0, 0.1) is 25.6 Å². The van der Waals surface area contributed by atoms with Crippen molar-refractivity contribution in [2.75, 3.05) is 0 Å². The van der Waals surface area contributed by atoms with Crippen molar-refractivity contribution in [3.8, 4) is 0 Å². The maximum atomic E-state index is 13.6. The van der Waals surface area contributed by atoms with Crippen LogP contribution >= 0.6 is 0 Å². The molecule has 1 aliphatic carbocycles. The Kier molecular flexibility index (Phi) is 3.79. The summed E-state index contributed by atoms with van der Waals surface area (Å²) in [6, 6.07) is 8.44. The number of amides is 1. The largest absolute Gasteiger partial charge is 0.350 e. The van der Waals surface area contributed by atoms with Crippen molar-refractivity contribution in [3.05, 3.63) is 64.9 Å². The van der Waals surface area contributed by atoms with Gasteiger partial charge in [0.1, 0.15) is 11.5 Å². The average molecular weight is 337 g/mol. The Balaban J connectivity index is 1.64. The molecule has 1 saturated carbocycles. The fourth-order valence-electron chi connectivity index (χ4n) is 3.38. The number of rotatable bonds is 4. The fraction of sp³-hybridized carbons (Fsp3) is 0.300. The average Bonchev–Trinajstić information content (AvgIpc) is 3.32. The summed E-state index contributed by atoms with van der Waals surface area (Å²) in [6.07, 6.45) is 3.95. The number of aromatic nitrogens is 2. The van der Waals surface area contributed by atoms with Crippen LogP contribution in [0.1, 0.15) is 46.2 Å². The molecule has 0 radical (unpaired) electrons. The summed E-state index contributed by atoms with van der Waals surface area (Å²) in [7, 11) is 0. The maximum Gasteiger partial charge on any atom is 0.268 e. The van der Waals surface area contributed by atoms with E-state index >= 15 is 0 Å². The minimum atomic E-state index is -0.295. The molecule has 0 aliphatic heterocycles. The normalized spacial score (nSPS) is 15.3. The molecule has 4 rings (SSSR count). The number of hydrogen-bond acceptors (Lipinski definition) is 2. The Bertz CT molecular complexity index is 959. The zero-order valence-electron chi connectivity index (χ0n) is 14.3. The molecule has 3 aromatic rings. The van der Waals surface area contributed by atoms with Crippen molar-refractivity contribution in [2.24, 2.45) is 5.92 Å². The number of aromatic amines is 1. The van der Waals surface area contributed by atoms with Crippen LogP contribution < -0.4 is 5.32 Å². The van der Waals surface area contributed by atoms with Gasteiger partial charge in [-0.2, -0.15) is 0 Å². The molecular formula is C20H20FN3O. The van der Waals surface area contributed by atoms with Crippen molar-refractivity contribution in [1.29, 1.82) is 0 Å². The van der Waals surface area contributed by atoms with E-state index in [-0.39, 0.29) is 17.8 Å². The molecular weight excluding hydrogens is 317 g/mol. The van der Waals surface area contributed by atoms with Crippen LogP contribution in [-0.4, -0.2) is 15.9 Å². The van der Waals surface area contributed by atoms with Crippen LogP contribution in [0.2, 0.25) is 0 Å². The molecule has 1 unspecified atom stereocenters. The number of aryl methyl sites for hydroxylation is 2. The summed E-state index contributed by atoms with van der Waals surface area (Å²) in [5.41, 5.74) is 4.03. The molecule has 0 spiro atoms. The highest BCUT2D eigenvalue weighted by Crippen LogP contribution is 2.41. The second-order valence-electron chi connectivity index (χ2n) is 6.86. The van der Waals surface area contributed by atoms with Crippen molar-refractivity contribution in [3.63, 3.8) is 0 Å². The molecule has 2 N–H and O–H groups in total. The quantitative estimate of drug-likeness (QED) is 0.749. The van der Waals surface area contributed by atoms with E-state index in [4.69, 9.17) is 0 Å². The molecule has 2 heterocycles. The maximum absolute atomic E-state index is 13.6. The number of H-pyrrole nitrogens is 1. The first-order chi connectivity index (χ1) is 12.0. The third-order valence-electron chi connectivity index (χ3n) is 4.86. The predicted octanol–water partition coefficient (Wildman–Crippen LogP) is 4.20. The molecule has 1 fully saturated rings. The Hall–Kier alpha value is -2.69. The van der Waals surface area contributed by atoms with Crippen LogP contribution in [0.4, 0.5) is 4.39 Å². The second-order valence-corrected chi connectivity index (χ2v) is 6.86. The minimum Gasteiger partial charge on any atom is -0.350 e. The number of fused-ring (bicyclic) bond motifs is 1. The number of pyridine rings is 1. The van der Waals surface area contributed by atoms with Gasteiger partial charge in [0.15, 0.2) is 0 Å². The third-order valence-corrected chi connectivity index (χ3v) is 4.86. The molecule has 25 heavy (non-hydrogen) atoms. The van der Waals surface area contributed by atoms with E-state index in [1.807, 2.05) is 26.0 Å². The Labute approximate surface area is 145 Å². The van der Waals surface area contributed by atoms with Crippen molar-refractivity contribution in [2.45, 2.75) is 32.7 Å². The van der Waals surface area contributed by atoms with Gasteiger partial charge in [-0.05, 0) is 68.0 Å². The number of nitrogens with zero attached hydrogens (tertiary/aromatic N) is 1. The number of carbonyl (C=O) groups is 1. The summed E-state index contributed by atoms with van der Waals surface area (Å²) in [4.78, 5) is 20.4. The number of hydrogen-bond donors (Lipinski definition) is 2. The van der Waals surface area contributed by atoms with E-state index in [0.717, 1.165) is 35.2 Å². The van der Waals surface area contributed by atoms with E-state index in [9.17, 15) is 9.18 Å². The number of carbonyl (C=O) groups excluding carboxylic acids is 1. The molecule has 0 saturated heterocycles. The van der Waals surface area contributed by atoms with Crippen LogP contribution in [0.5, 0.6) is 0 Å². The van der Waals surface area contributed by atoms with Gasteiger partial charge in [0.2, 0.25) is 0 Å². The molecule has 2 aromatic heterocycles. The topological polar surface area (TPSA) is 57.8 Å². The lowest BCUT2D eigenvalue weighted by Gasteiger charge is -2.19. The molecule has 1 aliphatic rings. The third kappa shape index (κ3) is 3.02. The van der Waals surface area contributed by atoms with Crippen molar-refractivity contribution >= 4 is 16.8 Å². The first-order valence-corrected chi connectivity index (χ1v) is 8.54. The number of nitrogens with one attached hydrogen (secondary N) is 2. The van der Waals surface area contributed by atoms with E-state index in [1.54, 1.807) is 12.3 Å². The minimum absolute atomic E-state index is 0.0852. The lowest BCUT2D eigenvalue weighted by Crippen LogP contribution is -2.31. The Morgan fingerprint density at radius 3 is 2.80 bits per heavy atom. The van der Waals surface area contributed by atoms with Crippen LogP contribution in [0.15, 0.2) is 36.5 Å². The smallest absolute Gasteiger partial charge is 0.268 e. The van der Waals surface area contributed by atoms with Crippen LogP contribution in [-0.2, 0) is 0 Å². The molecule has 4 nitrogen and oxygen atoms in total. The SMILES string of the molecule is Cc1cccnc1C(NC(=O)c1cc2cc(F)cc(C)c2[nH]1)C1CC1. The lowest BCUT2D eigenvalue weighted by atomic mass is 10.0. The lowest BCUT2D eigenvalue weighted by molar-refractivity contribution is 0.0926. The summed E-state index contributed by atoms with van der Waals surface area (Å²) in [5, 5.41) is 3.83. The highest BCUT2D eigenvalue weighted by molar-refractivity contribution is 5.98. The standard InChI is InChI=1S/C20H20FN3O/c1-11-4-3-7-22-18(11)19(13-5-6-13)24-20(25)16-10-14-9-15(21)8-12(2)17(14)23-16/h3-4,7-10,13,19,23H,5-6H2,1-2H3,(H,24,25). The first kappa shape index (κ1) is 15.8. The summed E-state index contributed by atoms with van der Waals surface area (Å²) >= 11 is 0. The molecule has 1 amide bonds. The van der Waals surface area contributed by atoms with Gasteiger partial charge in [0.05, 0.1) is 11.7 Å². The zero-order chi connectivity index (χ0) is 17.6. The Morgan fingerprint density at radius 2 is 2.08 bits per heavy atom. The van der Waals surface area contributed by atoms with Gasteiger partial charge in [-0.25, -0.2) is 4.39 Å². The van der Waals surface area contributed by atoms with E-state index < -0.39 is 0 Å². The number of benzene rings is 1. The second kappa shape index (κ2) is 5.99. The van der Waals surface area contributed by atoms with E-state index in [0.29, 0.717) is 17.0 Å². The van der Waals surface area contributed by atoms with Crippen molar-refractivity contribution in [1.82, 2.24) is 15.3 Å². The zero-order valence-corrected chi connectivity index (χ0v) is 14.3. The molecule has 1 aromatic carbocycles. The number of halogens is 1. The van der Waals surface area contributed by atoms with Crippen LogP contribution in [0.25, 0.3) is 10.9 Å². The van der Waals surface area contributed by atoms with Crippen LogP contribution in [0.3, 0.4) is 0 Å². The molecule has 0 bridgehead atoms. The van der Waals surface area contributed by atoms with Gasteiger partial charge >= 0.3 is 0 Å². The summed E-state index contributed by atoms with van der Waals surface area (Å²) < 4.78 is 13.6. The van der Waals surface area contributed by atoms with Crippen molar-refractivity contribution < 1.29 is 9.18 Å². The molecule has 1 atom stereocenters. The highest BCUT2D eigenvalue weighted by atomic mass is 19.1. The molecule has 128 valence electrons. The molecule has 5 heteroatoms. The highest BCUT2D eigenvalue weighted by Gasteiger charge is 2.35. The monoisotopic (exact) mass is 337 g/mol. The first-order valence-electron chi connectivity index (χ1n) is 8.54. The predicted molar refractivity (Wildman–Crippen MR) is 94.9 cm³/mol. The van der Waals surface area contributed by atoms with Gasteiger partial charge in [-0.1, -0.05) is 6.07 Å². The van der Waals surface area contributed by atoms with E-state index in [2.05, 4.69) is 15.3 Å². The van der Waals surface area contributed by atoms with Gasteiger partial charge in [0, 0.05) is 17.1 Å². The Morgan fingerprint density at radius 1 is 1.28 bits per heavy atom. The van der Waals surface area contributed by atoms with E-state index in [1.165, 1.54) is 12.1 Å². The summed E-state index contributed by atoms with van der Waals surface area (Å²) in [5.74, 6) is -0.0463. The summed E-state index contributed by atoms with van der Waals surface area (Å²) in [6.45, 7) is 3.84. The van der Waals surface area contributed by atoms with Gasteiger partial charge < -0.3 is 10.3 Å².